The summed E-state index contributed by atoms with van der Waals surface area (Å²) >= 11 is 0. The van der Waals surface area contributed by atoms with E-state index in [1.165, 1.54) is 12.4 Å². The molecular formula is C4H3KN2O2. The molecule has 1 aromatic rings. The molecule has 9 heavy (non-hydrogen) atoms. The third-order valence-corrected chi connectivity index (χ3v) is 0.692. The standard InChI is InChI=1S/C4H4N2O2.K/c7-4(8)3-5-1-2-6-3;/h1-2H,(H,5,6)(H,7,8);/q;+1/p-1. The summed E-state index contributed by atoms with van der Waals surface area (Å²) in [5.74, 6) is -1.42. The molecular weight excluding hydrogens is 147 g/mol. The van der Waals surface area contributed by atoms with E-state index >= 15 is 0 Å². The van der Waals surface area contributed by atoms with Crippen molar-refractivity contribution in [3.8, 4) is 0 Å². The van der Waals surface area contributed by atoms with E-state index in [-0.39, 0.29) is 57.2 Å². The Hall–Kier alpha value is 0.316. The van der Waals surface area contributed by atoms with Crippen molar-refractivity contribution in [2.24, 2.45) is 0 Å². The smallest absolute Gasteiger partial charge is 0.542 e. The minimum Gasteiger partial charge on any atom is -0.542 e. The minimum atomic E-state index is -1.28. The van der Waals surface area contributed by atoms with Crippen LogP contribution in [0.3, 0.4) is 0 Å². The quantitative estimate of drug-likeness (QED) is 0.412. The van der Waals surface area contributed by atoms with Crippen molar-refractivity contribution in [1.82, 2.24) is 9.97 Å². The summed E-state index contributed by atoms with van der Waals surface area (Å²) in [5, 5.41) is 9.86. The molecule has 0 aliphatic carbocycles. The fourth-order valence-electron chi connectivity index (χ4n) is 0.377. The fourth-order valence-corrected chi connectivity index (χ4v) is 0.377. The number of rotatable bonds is 1. The zero-order valence-electron chi connectivity index (χ0n) is 4.92. The van der Waals surface area contributed by atoms with Crippen molar-refractivity contribution in [3.05, 3.63) is 18.2 Å². The Morgan fingerprint density at radius 3 is 2.67 bits per heavy atom. The topological polar surface area (TPSA) is 68.8 Å². The van der Waals surface area contributed by atoms with Gasteiger partial charge in [0.05, 0.1) is 0 Å². The van der Waals surface area contributed by atoms with Gasteiger partial charge in [0.25, 0.3) is 0 Å². The molecule has 1 N–H and O–H groups in total. The first-order valence-corrected chi connectivity index (χ1v) is 2.01. The number of carbonyl (C=O) groups is 1. The molecule has 0 unspecified atom stereocenters. The van der Waals surface area contributed by atoms with Crippen LogP contribution in [0.15, 0.2) is 12.4 Å². The summed E-state index contributed by atoms with van der Waals surface area (Å²) in [5.41, 5.74) is 0. The van der Waals surface area contributed by atoms with Gasteiger partial charge in [0.15, 0.2) is 5.82 Å². The number of nitrogens with one attached hydrogen (secondary N) is 1. The molecule has 0 aliphatic heterocycles. The van der Waals surface area contributed by atoms with Crippen LogP contribution in [0.1, 0.15) is 10.6 Å². The number of carboxylic acid groups (broad SMARTS) is 1. The molecule has 1 heterocycles. The second-order valence-corrected chi connectivity index (χ2v) is 1.23. The van der Waals surface area contributed by atoms with Gasteiger partial charge < -0.3 is 14.9 Å². The van der Waals surface area contributed by atoms with Gasteiger partial charge in [0.2, 0.25) is 0 Å². The van der Waals surface area contributed by atoms with Crippen LogP contribution in [0.5, 0.6) is 0 Å². The van der Waals surface area contributed by atoms with E-state index in [4.69, 9.17) is 0 Å². The Balaban J connectivity index is 0.000000640. The maximum absolute atomic E-state index is 9.86. The Bertz CT molecular complexity index is 184. The zero-order chi connectivity index (χ0) is 5.98. The van der Waals surface area contributed by atoms with Crippen LogP contribution < -0.4 is 56.5 Å². The van der Waals surface area contributed by atoms with E-state index in [9.17, 15) is 9.90 Å². The van der Waals surface area contributed by atoms with Gasteiger partial charge in [-0.15, -0.1) is 0 Å². The number of aromatic nitrogens is 2. The van der Waals surface area contributed by atoms with Crippen LogP contribution in [-0.4, -0.2) is 15.9 Å². The second kappa shape index (κ2) is 4.18. The normalized spacial score (nSPS) is 8.00. The van der Waals surface area contributed by atoms with Crippen LogP contribution in [-0.2, 0) is 0 Å². The maximum Gasteiger partial charge on any atom is 1.00 e. The van der Waals surface area contributed by atoms with Gasteiger partial charge >= 0.3 is 51.4 Å². The van der Waals surface area contributed by atoms with Crippen molar-refractivity contribution < 1.29 is 61.3 Å². The summed E-state index contributed by atoms with van der Waals surface area (Å²) in [6.45, 7) is 0. The molecule has 0 aromatic carbocycles. The molecule has 0 bridgehead atoms. The number of H-pyrrole nitrogens is 1. The zero-order valence-corrected chi connectivity index (χ0v) is 8.04. The SMILES string of the molecule is O=C([O-])c1ncc[nH]1.[K+]. The molecule has 0 fully saturated rings. The molecule has 1 aromatic heterocycles. The van der Waals surface area contributed by atoms with E-state index in [1.807, 2.05) is 0 Å². The van der Waals surface area contributed by atoms with Crippen LogP contribution in [0.2, 0.25) is 0 Å². The first kappa shape index (κ1) is 9.32. The molecule has 0 radical (unpaired) electrons. The van der Waals surface area contributed by atoms with Crippen LogP contribution in [0, 0.1) is 0 Å². The average Bonchev–Trinajstić information content (AvgIpc) is 2.12. The van der Waals surface area contributed by atoms with E-state index in [1.54, 1.807) is 0 Å². The second-order valence-electron chi connectivity index (χ2n) is 1.23. The van der Waals surface area contributed by atoms with Gasteiger partial charge in [-0.3, -0.25) is 0 Å². The van der Waals surface area contributed by atoms with Gasteiger partial charge in [-0.05, 0) is 0 Å². The van der Waals surface area contributed by atoms with Crippen molar-refractivity contribution in [2.75, 3.05) is 0 Å². The molecule has 4 nitrogen and oxygen atoms in total. The Morgan fingerprint density at radius 1 is 1.78 bits per heavy atom. The summed E-state index contributed by atoms with van der Waals surface area (Å²) in [7, 11) is 0. The summed E-state index contributed by atoms with van der Waals surface area (Å²) in [6, 6.07) is 0. The molecule has 0 saturated heterocycles. The van der Waals surface area contributed by atoms with Crippen LogP contribution in [0.4, 0.5) is 0 Å². The van der Waals surface area contributed by atoms with E-state index in [0.29, 0.717) is 0 Å². The first-order chi connectivity index (χ1) is 3.80. The summed E-state index contributed by atoms with van der Waals surface area (Å²) in [4.78, 5) is 15.6. The molecule has 0 amide bonds. The molecule has 0 spiro atoms. The van der Waals surface area contributed by atoms with Crippen molar-refractivity contribution >= 4 is 5.97 Å². The first-order valence-electron chi connectivity index (χ1n) is 2.01. The molecule has 0 saturated carbocycles. The number of hydrogen-bond donors (Lipinski definition) is 1. The van der Waals surface area contributed by atoms with E-state index in [0.717, 1.165) is 0 Å². The van der Waals surface area contributed by atoms with E-state index < -0.39 is 5.97 Å². The number of carbonyl (C=O) groups excluding carboxylic acids is 1. The van der Waals surface area contributed by atoms with Crippen LogP contribution in [0.25, 0.3) is 0 Å². The van der Waals surface area contributed by atoms with Gasteiger partial charge in [0.1, 0.15) is 5.97 Å². The van der Waals surface area contributed by atoms with Crippen molar-refractivity contribution in [2.45, 2.75) is 0 Å². The molecule has 0 atom stereocenters. The van der Waals surface area contributed by atoms with Gasteiger partial charge in [-0.25, -0.2) is 4.98 Å². The third kappa shape index (κ3) is 2.59. The Labute approximate surface area is 94.1 Å². The number of hydrogen-bond acceptors (Lipinski definition) is 3. The third-order valence-electron chi connectivity index (χ3n) is 0.692. The maximum atomic E-state index is 9.86. The van der Waals surface area contributed by atoms with Crippen molar-refractivity contribution in [1.29, 1.82) is 0 Å². The number of imidazole rings is 1. The van der Waals surface area contributed by atoms with Gasteiger partial charge in [-0.1, -0.05) is 0 Å². The number of carboxylic acids is 1. The fraction of sp³-hybridized carbons (Fsp3) is 0. The van der Waals surface area contributed by atoms with E-state index in [2.05, 4.69) is 9.97 Å². The minimum absolute atomic E-state index is 0. The largest absolute Gasteiger partial charge is 1.00 e. The number of aromatic amines is 1. The number of aromatic carboxylic acids is 1. The Morgan fingerprint density at radius 2 is 2.44 bits per heavy atom. The van der Waals surface area contributed by atoms with Gasteiger partial charge in [0, 0.05) is 12.4 Å². The molecule has 0 aliphatic rings. The Kier molecular flexibility index (Phi) is 4.33. The number of nitrogens with zero attached hydrogens (tertiary/aromatic N) is 1. The predicted molar refractivity (Wildman–Crippen MR) is 22.9 cm³/mol. The summed E-state index contributed by atoms with van der Waals surface area (Å²) < 4.78 is 0. The monoisotopic (exact) mass is 150 g/mol. The predicted octanol–water partition coefficient (Wildman–Crippen LogP) is -4.22. The van der Waals surface area contributed by atoms with Crippen molar-refractivity contribution in [3.63, 3.8) is 0 Å². The average molecular weight is 150 g/mol. The van der Waals surface area contributed by atoms with Gasteiger partial charge in [-0.2, -0.15) is 0 Å². The molecule has 1 rings (SSSR count). The van der Waals surface area contributed by atoms with Crippen LogP contribution >= 0.6 is 0 Å². The molecule has 5 heteroatoms. The summed E-state index contributed by atoms with van der Waals surface area (Å²) in [6.07, 6.45) is 2.77. The molecule has 42 valence electrons.